The van der Waals surface area contributed by atoms with Gasteiger partial charge in [-0.1, -0.05) is 62.4 Å². The molecule has 1 unspecified atom stereocenters. The summed E-state index contributed by atoms with van der Waals surface area (Å²) in [5.74, 6) is 0.489. The van der Waals surface area contributed by atoms with E-state index in [1.165, 1.54) is 39.1 Å². The Morgan fingerprint density at radius 1 is 0.939 bits per heavy atom. The predicted molar refractivity (Wildman–Crippen MR) is 143 cm³/mol. The minimum Gasteiger partial charge on any atom is -0.341 e. The van der Waals surface area contributed by atoms with Crippen LogP contribution in [0.15, 0.2) is 96.2 Å². The van der Waals surface area contributed by atoms with Crippen molar-refractivity contribution in [2.75, 3.05) is 11.4 Å². The van der Waals surface area contributed by atoms with Gasteiger partial charge < -0.3 is 4.90 Å². The SMILES string of the molecule is CCC(C)C(C=Cc1ccc2ccccc2[n+]1CC)=CC=C1C=Cc2ccccc2N1CC. The minimum atomic E-state index is 0.489. The molecule has 1 atom stereocenters. The number of benzene rings is 2. The number of allylic oxidation sites excluding steroid dienone is 5. The van der Waals surface area contributed by atoms with Crippen LogP contribution < -0.4 is 9.47 Å². The number of rotatable bonds is 7. The first-order valence-electron chi connectivity index (χ1n) is 12.2. The first-order chi connectivity index (χ1) is 16.2. The van der Waals surface area contributed by atoms with Gasteiger partial charge in [0.25, 0.3) is 0 Å². The largest absolute Gasteiger partial charge is 0.341 e. The molecule has 0 saturated carbocycles. The van der Waals surface area contributed by atoms with Gasteiger partial charge in [0.15, 0.2) is 0 Å². The molecule has 33 heavy (non-hydrogen) atoms. The maximum Gasteiger partial charge on any atom is 0.212 e. The van der Waals surface area contributed by atoms with Crippen molar-refractivity contribution in [3.8, 4) is 0 Å². The van der Waals surface area contributed by atoms with Crippen LogP contribution in [0.2, 0.25) is 0 Å². The van der Waals surface area contributed by atoms with E-state index in [1.54, 1.807) is 0 Å². The monoisotopic (exact) mass is 435 g/mol. The fraction of sp³-hybridized carbons (Fsp3) is 0.258. The Bertz CT molecular complexity index is 1240. The number of anilines is 1. The van der Waals surface area contributed by atoms with E-state index in [0.717, 1.165) is 19.5 Å². The molecule has 4 rings (SSSR count). The highest BCUT2D eigenvalue weighted by Crippen LogP contribution is 2.30. The van der Waals surface area contributed by atoms with Gasteiger partial charge in [0.1, 0.15) is 6.54 Å². The van der Waals surface area contributed by atoms with Crippen molar-refractivity contribution in [2.45, 2.75) is 40.7 Å². The molecule has 0 saturated heterocycles. The van der Waals surface area contributed by atoms with Gasteiger partial charge in [0, 0.05) is 41.5 Å². The Morgan fingerprint density at radius 2 is 1.73 bits per heavy atom. The van der Waals surface area contributed by atoms with Crippen LogP contribution in [0.25, 0.3) is 23.1 Å². The number of fused-ring (bicyclic) bond motifs is 2. The fourth-order valence-corrected chi connectivity index (χ4v) is 4.54. The number of pyridine rings is 1. The van der Waals surface area contributed by atoms with Gasteiger partial charge in [-0.15, -0.1) is 0 Å². The Hall–Kier alpha value is -3.39. The molecule has 0 bridgehead atoms. The van der Waals surface area contributed by atoms with Crippen LogP contribution in [0.4, 0.5) is 5.69 Å². The average molecular weight is 436 g/mol. The van der Waals surface area contributed by atoms with E-state index in [9.17, 15) is 0 Å². The summed E-state index contributed by atoms with van der Waals surface area (Å²) in [4.78, 5) is 2.39. The number of hydrogen-bond donors (Lipinski definition) is 0. The first-order valence-corrected chi connectivity index (χ1v) is 12.2. The van der Waals surface area contributed by atoms with Crippen molar-refractivity contribution < 1.29 is 4.57 Å². The molecule has 0 amide bonds. The maximum atomic E-state index is 2.39. The van der Waals surface area contributed by atoms with E-state index in [4.69, 9.17) is 0 Å². The summed E-state index contributed by atoms with van der Waals surface area (Å²) in [6, 6.07) is 21.7. The Morgan fingerprint density at radius 3 is 2.52 bits per heavy atom. The lowest BCUT2D eigenvalue weighted by Gasteiger charge is -2.29. The second-order valence-corrected chi connectivity index (χ2v) is 8.60. The Balaban J connectivity index is 1.69. The molecule has 0 aliphatic carbocycles. The van der Waals surface area contributed by atoms with E-state index in [1.807, 2.05) is 0 Å². The quantitative estimate of drug-likeness (QED) is 0.274. The molecule has 168 valence electrons. The number of aryl methyl sites for hydroxylation is 1. The first kappa shape index (κ1) is 22.8. The van der Waals surface area contributed by atoms with Crippen LogP contribution in [0, 0.1) is 5.92 Å². The summed E-state index contributed by atoms with van der Waals surface area (Å²) < 4.78 is 2.39. The molecule has 2 aromatic carbocycles. The lowest BCUT2D eigenvalue weighted by Crippen LogP contribution is -2.36. The smallest absolute Gasteiger partial charge is 0.212 e. The second kappa shape index (κ2) is 10.5. The van der Waals surface area contributed by atoms with Crippen LogP contribution >= 0.6 is 0 Å². The minimum absolute atomic E-state index is 0.489. The summed E-state index contributed by atoms with van der Waals surface area (Å²) in [6.07, 6.45) is 14.7. The highest BCUT2D eigenvalue weighted by molar-refractivity contribution is 5.77. The molecule has 1 aliphatic heterocycles. The number of likely N-dealkylation sites (N-methyl/N-ethyl adjacent to an activating group) is 1. The molecule has 2 nitrogen and oxygen atoms in total. The Kier molecular flexibility index (Phi) is 7.24. The zero-order chi connectivity index (χ0) is 23.2. The van der Waals surface area contributed by atoms with Crippen LogP contribution in [0.3, 0.4) is 0 Å². The van der Waals surface area contributed by atoms with Crippen LogP contribution in [-0.2, 0) is 6.54 Å². The second-order valence-electron chi connectivity index (χ2n) is 8.60. The average Bonchev–Trinajstić information content (AvgIpc) is 2.87. The summed E-state index contributed by atoms with van der Waals surface area (Å²) in [5.41, 5.74) is 7.66. The van der Waals surface area contributed by atoms with Gasteiger partial charge in [-0.05, 0) is 67.7 Å². The van der Waals surface area contributed by atoms with Crippen molar-refractivity contribution in [3.05, 3.63) is 107 Å². The van der Waals surface area contributed by atoms with Gasteiger partial charge in [-0.3, -0.25) is 0 Å². The van der Waals surface area contributed by atoms with Gasteiger partial charge in [-0.2, -0.15) is 4.57 Å². The van der Waals surface area contributed by atoms with E-state index in [2.05, 4.69) is 134 Å². The van der Waals surface area contributed by atoms with E-state index >= 15 is 0 Å². The molecule has 0 N–H and O–H groups in total. The fourth-order valence-electron chi connectivity index (χ4n) is 4.54. The van der Waals surface area contributed by atoms with Crippen LogP contribution in [0.1, 0.15) is 45.4 Å². The zero-order valence-corrected chi connectivity index (χ0v) is 20.3. The summed E-state index contributed by atoms with van der Waals surface area (Å²) in [7, 11) is 0. The van der Waals surface area contributed by atoms with Gasteiger partial charge in [0.05, 0.1) is 0 Å². The standard InChI is InChI=1S/C31H35N2/c1-5-24(4)25(16-20-28-22-18-26-12-8-10-14-30(26)32(28)6-2)17-21-29-23-19-27-13-9-11-15-31(27)33(29)7-3/h8-24H,5-7H2,1-4H3/q+1. The van der Waals surface area contributed by atoms with Gasteiger partial charge in [-0.25, -0.2) is 0 Å². The molecule has 1 aliphatic rings. The molecule has 0 spiro atoms. The third kappa shape index (κ3) is 4.85. The van der Waals surface area contributed by atoms with Gasteiger partial charge >= 0.3 is 0 Å². The summed E-state index contributed by atoms with van der Waals surface area (Å²) in [6.45, 7) is 10.9. The molecule has 0 radical (unpaired) electrons. The van der Waals surface area contributed by atoms with Crippen LogP contribution in [0.5, 0.6) is 0 Å². The number of aromatic nitrogens is 1. The predicted octanol–water partition coefficient (Wildman–Crippen LogP) is 7.57. The van der Waals surface area contributed by atoms with Crippen molar-refractivity contribution in [1.29, 1.82) is 0 Å². The number of nitrogens with zero attached hydrogens (tertiary/aromatic N) is 2. The van der Waals surface area contributed by atoms with E-state index in [-0.39, 0.29) is 0 Å². The molecule has 3 aromatic rings. The molecule has 1 aromatic heterocycles. The molecular formula is C31H35N2+. The summed E-state index contributed by atoms with van der Waals surface area (Å²) >= 11 is 0. The molecule has 2 heterocycles. The molecule has 0 fully saturated rings. The van der Waals surface area contributed by atoms with E-state index in [0.29, 0.717) is 5.92 Å². The van der Waals surface area contributed by atoms with Gasteiger partial charge in [0.2, 0.25) is 11.2 Å². The van der Waals surface area contributed by atoms with Crippen molar-refractivity contribution in [1.82, 2.24) is 0 Å². The summed E-state index contributed by atoms with van der Waals surface area (Å²) in [5, 5.41) is 1.28. The van der Waals surface area contributed by atoms with Crippen molar-refractivity contribution in [3.63, 3.8) is 0 Å². The van der Waals surface area contributed by atoms with Crippen LogP contribution in [-0.4, -0.2) is 6.54 Å². The highest BCUT2D eigenvalue weighted by atomic mass is 15.1. The molecular weight excluding hydrogens is 400 g/mol. The number of hydrogen-bond acceptors (Lipinski definition) is 1. The lowest BCUT2D eigenvalue weighted by atomic mass is 9.96. The van der Waals surface area contributed by atoms with E-state index < -0.39 is 0 Å². The normalized spacial score (nSPS) is 16.1. The molecule has 2 heteroatoms. The Labute approximate surface area is 198 Å². The number of para-hydroxylation sites is 2. The van der Waals surface area contributed by atoms with Crippen molar-refractivity contribution >= 4 is 28.7 Å². The lowest BCUT2D eigenvalue weighted by molar-refractivity contribution is -0.669. The third-order valence-electron chi connectivity index (χ3n) is 6.65. The maximum absolute atomic E-state index is 2.39. The topological polar surface area (TPSA) is 7.12 Å². The van der Waals surface area contributed by atoms with Crippen molar-refractivity contribution in [2.24, 2.45) is 5.92 Å². The highest BCUT2D eigenvalue weighted by Gasteiger charge is 2.15. The third-order valence-corrected chi connectivity index (χ3v) is 6.65. The zero-order valence-electron chi connectivity index (χ0n) is 20.3.